The van der Waals surface area contributed by atoms with Crippen LogP contribution in [0.2, 0.25) is 0 Å². The van der Waals surface area contributed by atoms with E-state index in [2.05, 4.69) is 60.7 Å². The molecule has 0 radical (unpaired) electrons. The maximum absolute atomic E-state index is 13.5. The highest BCUT2D eigenvalue weighted by atomic mass is 16.1. The van der Waals surface area contributed by atoms with E-state index in [4.69, 9.17) is 0 Å². The highest BCUT2D eigenvalue weighted by Gasteiger charge is 2.72. The molecule has 4 atom stereocenters. The molecule has 3 aliphatic carbocycles. The number of hydrogen-bond acceptors (Lipinski definition) is 1. The van der Waals surface area contributed by atoms with Crippen LogP contribution in [0.15, 0.2) is 60.7 Å². The van der Waals surface area contributed by atoms with E-state index in [1.807, 2.05) is 0 Å². The molecule has 1 nitrogen and oxygen atoms in total. The second kappa shape index (κ2) is 4.56. The van der Waals surface area contributed by atoms with E-state index >= 15 is 0 Å². The number of ketones is 1. The van der Waals surface area contributed by atoms with Gasteiger partial charge in [0.15, 0.2) is 0 Å². The molecule has 0 saturated heterocycles. The summed E-state index contributed by atoms with van der Waals surface area (Å²) in [7, 11) is 0. The zero-order valence-corrected chi connectivity index (χ0v) is 13.4. The molecule has 2 spiro atoms. The molecule has 3 fully saturated rings. The van der Waals surface area contributed by atoms with Gasteiger partial charge in [0.25, 0.3) is 0 Å². The third-order valence-corrected chi connectivity index (χ3v) is 6.70. The van der Waals surface area contributed by atoms with Crippen LogP contribution in [0.5, 0.6) is 0 Å². The van der Waals surface area contributed by atoms with Gasteiger partial charge in [-0.05, 0) is 48.6 Å². The van der Waals surface area contributed by atoms with Crippen molar-refractivity contribution in [2.45, 2.75) is 43.9 Å². The lowest BCUT2D eigenvalue weighted by Crippen LogP contribution is -2.33. The monoisotopic (exact) mass is 302 g/mol. The van der Waals surface area contributed by atoms with Gasteiger partial charge in [-0.15, -0.1) is 0 Å². The molecule has 0 amide bonds. The Morgan fingerprint density at radius 1 is 0.696 bits per heavy atom. The van der Waals surface area contributed by atoms with E-state index in [0.29, 0.717) is 17.6 Å². The Balaban J connectivity index is 1.44. The summed E-state index contributed by atoms with van der Waals surface area (Å²) in [5, 5.41) is 0. The molecule has 0 unspecified atom stereocenters. The summed E-state index contributed by atoms with van der Waals surface area (Å²) in [5.41, 5.74) is 2.69. The van der Waals surface area contributed by atoms with Gasteiger partial charge in [0.1, 0.15) is 5.78 Å². The first-order valence-electron chi connectivity index (χ1n) is 8.91. The van der Waals surface area contributed by atoms with Gasteiger partial charge in [0.05, 0.1) is 0 Å². The number of Topliss-reactive ketones (excluding diaryl/α,β-unsaturated/α-hetero) is 1. The summed E-state index contributed by atoms with van der Waals surface area (Å²) < 4.78 is 0. The van der Waals surface area contributed by atoms with Crippen molar-refractivity contribution in [1.29, 1.82) is 0 Å². The maximum atomic E-state index is 13.5. The summed E-state index contributed by atoms with van der Waals surface area (Å²) in [6.45, 7) is 0. The van der Waals surface area contributed by atoms with E-state index < -0.39 is 0 Å². The Morgan fingerprint density at radius 3 is 1.57 bits per heavy atom. The van der Waals surface area contributed by atoms with E-state index in [-0.39, 0.29) is 10.8 Å². The highest BCUT2D eigenvalue weighted by Crippen LogP contribution is 2.75. The van der Waals surface area contributed by atoms with Crippen molar-refractivity contribution >= 4 is 5.78 Å². The minimum atomic E-state index is -0.0247. The molecule has 0 aromatic heterocycles. The van der Waals surface area contributed by atoms with Gasteiger partial charge < -0.3 is 0 Å². The normalized spacial score (nSPS) is 38.0. The Hall–Kier alpha value is -1.89. The minimum Gasteiger partial charge on any atom is -0.298 e. The Bertz CT molecular complexity index is 687. The zero-order chi connectivity index (χ0) is 15.5. The standard InChI is InChI=1S/C22H22O/c23-20-21(14-18(21)16-8-3-1-4-9-16)12-7-13-22(20)15-19(22)17-10-5-2-6-11-17/h1-6,8-11,18-19H,7,12-15H2/t18-,19-,21-,22+/m1/s1. The molecule has 116 valence electrons. The summed E-state index contributed by atoms with van der Waals surface area (Å²) in [6, 6.07) is 21.4. The van der Waals surface area contributed by atoms with Gasteiger partial charge in [0.2, 0.25) is 0 Å². The van der Waals surface area contributed by atoms with Crippen LogP contribution in [0.3, 0.4) is 0 Å². The maximum Gasteiger partial charge on any atom is 0.146 e. The largest absolute Gasteiger partial charge is 0.298 e. The lowest BCUT2D eigenvalue weighted by Gasteiger charge is -2.30. The van der Waals surface area contributed by atoms with Crippen molar-refractivity contribution in [2.75, 3.05) is 0 Å². The molecular formula is C22H22O. The van der Waals surface area contributed by atoms with Gasteiger partial charge >= 0.3 is 0 Å². The first-order chi connectivity index (χ1) is 11.3. The fourth-order valence-corrected chi connectivity index (χ4v) is 5.35. The average molecular weight is 302 g/mol. The highest BCUT2D eigenvalue weighted by molar-refractivity contribution is 5.98. The second-order valence-electron chi connectivity index (χ2n) is 7.83. The van der Waals surface area contributed by atoms with Crippen molar-refractivity contribution in [1.82, 2.24) is 0 Å². The topological polar surface area (TPSA) is 17.1 Å². The molecule has 0 heterocycles. The lowest BCUT2D eigenvalue weighted by atomic mass is 9.72. The molecule has 5 rings (SSSR count). The van der Waals surface area contributed by atoms with Crippen molar-refractivity contribution in [3.05, 3.63) is 71.8 Å². The smallest absolute Gasteiger partial charge is 0.146 e. The third-order valence-electron chi connectivity index (χ3n) is 6.70. The predicted molar refractivity (Wildman–Crippen MR) is 91.3 cm³/mol. The first kappa shape index (κ1) is 13.5. The minimum absolute atomic E-state index is 0.0247. The SMILES string of the molecule is O=C1[C@]2(CCC[C@@]13C[C@@H]3c1ccccc1)C[C@@H]2c1ccccc1. The molecule has 0 aliphatic heterocycles. The van der Waals surface area contributed by atoms with Gasteiger partial charge in [-0.1, -0.05) is 67.1 Å². The summed E-state index contributed by atoms with van der Waals surface area (Å²) in [6.07, 6.45) is 5.60. The predicted octanol–water partition coefficient (Wildman–Crippen LogP) is 5.09. The zero-order valence-electron chi connectivity index (χ0n) is 13.4. The van der Waals surface area contributed by atoms with Crippen molar-refractivity contribution in [3.8, 4) is 0 Å². The first-order valence-corrected chi connectivity index (χ1v) is 8.91. The van der Waals surface area contributed by atoms with Gasteiger partial charge in [-0.3, -0.25) is 4.79 Å². The molecule has 23 heavy (non-hydrogen) atoms. The molecule has 2 aromatic carbocycles. The fourth-order valence-electron chi connectivity index (χ4n) is 5.35. The summed E-state index contributed by atoms with van der Waals surface area (Å²) >= 11 is 0. The molecule has 3 aliphatic rings. The lowest BCUT2D eigenvalue weighted by molar-refractivity contribution is -0.132. The van der Waals surface area contributed by atoms with Crippen LogP contribution >= 0.6 is 0 Å². The number of benzene rings is 2. The van der Waals surface area contributed by atoms with Gasteiger partial charge in [0, 0.05) is 10.8 Å². The van der Waals surface area contributed by atoms with Crippen LogP contribution in [0.1, 0.15) is 55.1 Å². The average Bonchev–Trinajstić information content (AvgIpc) is 3.50. The van der Waals surface area contributed by atoms with E-state index in [1.165, 1.54) is 17.5 Å². The summed E-state index contributed by atoms with van der Waals surface area (Å²) in [4.78, 5) is 13.5. The van der Waals surface area contributed by atoms with Crippen molar-refractivity contribution in [2.24, 2.45) is 10.8 Å². The van der Waals surface area contributed by atoms with Crippen LogP contribution in [-0.4, -0.2) is 5.78 Å². The van der Waals surface area contributed by atoms with Crippen LogP contribution in [0, 0.1) is 10.8 Å². The number of carbonyl (C=O) groups is 1. The van der Waals surface area contributed by atoms with Crippen LogP contribution in [0.25, 0.3) is 0 Å². The third kappa shape index (κ3) is 1.83. The fraction of sp³-hybridized carbons (Fsp3) is 0.409. The quantitative estimate of drug-likeness (QED) is 0.755. The molecule has 3 saturated carbocycles. The van der Waals surface area contributed by atoms with Crippen LogP contribution < -0.4 is 0 Å². The Labute approximate surface area is 137 Å². The van der Waals surface area contributed by atoms with E-state index in [0.717, 1.165) is 25.7 Å². The van der Waals surface area contributed by atoms with Gasteiger partial charge in [-0.25, -0.2) is 0 Å². The van der Waals surface area contributed by atoms with Crippen LogP contribution in [-0.2, 0) is 4.79 Å². The van der Waals surface area contributed by atoms with E-state index in [9.17, 15) is 4.79 Å². The molecule has 1 heteroatoms. The molecule has 0 bridgehead atoms. The van der Waals surface area contributed by atoms with E-state index in [1.54, 1.807) is 0 Å². The summed E-state index contributed by atoms with van der Waals surface area (Å²) in [5.74, 6) is 1.55. The molecular weight excluding hydrogens is 280 g/mol. The number of rotatable bonds is 2. The Kier molecular flexibility index (Phi) is 2.69. The number of hydrogen-bond donors (Lipinski definition) is 0. The molecule has 2 aromatic rings. The Morgan fingerprint density at radius 2 is 1.13 bits per heavy atom. The van der Waals surface area contributed by atoms with Crippen molar-refractivity contribution < 1.29 is 4.79 Å². The number of carbonyl (C=O) groups excluding carboxylic acids is 1. The van der Waals surface area contributed by atoms with Gasteiger partial charge in [-0.2, -0.15) is 0 Å². The van der Waals surface area contributed by atoms with Crippen LogP contribution in [0.4, 0.5) is 0 Å². The van der Waals surface area contributed by atoms with Crippen molar-refractivity contribution in [3.63, 3.8) is 0 Å². The second-order valence-corrected chi connectivity index (χ2v) is 7.83. The molecule has 0 N–H and O–H groups in total.